The van der Waals surface area contributed by atoms with Gasteiger partial charge in [-0.2, -0.15) is 13.2 Å². The van der Waals surface area contributed by atoms with Crippen LogP contribution in [0, 0.1) is 24.7 Å². The van der Waals surface area contributed by atoms with E-state index in [1.54, 1.807) is 0 Å². The van der Waals surface area contributed by atoms with Crippen molar-refractivity contribution in [3.63, 3.8) is 0 Å². The maximum atomic E-state index is 12.7. The number of carboxylic acids is 1. The molecule has 12 heteroatoms. The van der Waals surface area contributed by atoms with Crippen molar-refractivity contribution in [1.29, 1.82) is 0 Å². The summed E-state index contributed by atoms with van der Waals surface area (Å²) in [6.07, 6.45) is -0.634. The highest BCUT2D eigenvalue weighted by molar-refractivity contribution is 7.09. The van der Waals surface area contributed by atoms with Gasteiger partial charge in [-0.25, -0.2) is 9.78 Å². The van der Waals surface area contributed by atoms with Crippen molar-refractivity contribution in [2.75, 3.05) is 32.7 Å². The first-order chi connectivity index (χ1) is 15.5. The molecule has 8 nitrogen and oxygen atoms in total. The van der Waals surface area contributed by atoms with Crippen molar-refractivity contribution in [2.24, 2.45) is 17.8 Å². The Hall–Kier alpha value is -2.21. The molecule has 2 N–H and O–H groups in total. The molecule has 1 aromatic rings. The summed E-state index contributed by atoms with van der Waals surface area (Å²) >= 11 is 1.52. The van der Waals surface area contributed by atoms with Crippen molar-refractivity contribution in [3.05, 3.63) is 16.1 Å². The van der Waals surface area contributed by atoms with Crippen LogP contribution in [0.3, 0.4) is 0 Å². The second-order valence-corrected chi connectivity index (χ2v) is 10.4. The number of fused-ring (bicyclic) bond motifs is 2. The van der Waals surface area contributed by atoms with Gasteiger partial charge >= 0.3 is 12.1 Å². The monoisotopic (exact) mass is 488 g/mol. The van der Waals surface area contributed by atoms with Gasteiger partial charge in [-0.3, -0.25) is 9.59 Å². The van der Waals surface area contributed by atoms with Crippen LogP contribution in [0.4, 0.5) is 13.2 Å². The zero-order chi connectivity index (χ0) is 24.0. The van der Waals surface area contributed by atoms with E-state index in [2.05, 4.69) is 15.2 Å². The summed E-state index contributed by atoms with van der Waals surface area (Å²) in [6, 6.07) is 0. The third-order valence-electron chi connectivity index (χ3n) is 7.05. The summed E-state index contributed by atoms with van der Waals surface area (Å²) in [5, 5.41) is 13.2. The van der Waals surface area contributed by atoms with E-state index < -0.39 is 12.1 Å². The first kappa shape index (κ1) is 23.9. The second-order valence-electron chi connectivity index (χ2n) is 9.37. The fraction of sp³-hybridized carbons (Fsp3) is 0.714. The molecule has 1 saturated carbocycles. The maximum absolute atomic E-state index is 12.7. The van der Waals surface area contributed by atoms with Crippen LogP contribution in [0.25, 0.3) is 0 Å². The molecular formula is C21H27F3N4O4S. The molecule has 3 saturated heterocycles. The van der Waals surface area contributed by atoms with Gasteiger partial charge in [0.1, 0.15) is 5.69 Å². The molecule has 0 radical (unpaired) electrons. The van der Waals surface area contributed by atoms with Crippen molar-refractivity contribution in [2.45, 2.75) is 44.3 Å². The molecule has 4 fully saturated rings. The average molecular weight is 489 g/mol. The Morgan fingerprint density at radius 1 is 1.27 bits per heavy atom. The summed E-state index contributed by atoms with van der Waals surface area (Å²) in [4.78, 5) is 42.9. The summed E-state index contributed by atoms with van der Waals surface area (Å²) < 4.78 is 31.7. The Morgan fingerprint density at radius 3 is 2.42 bits per heavy atom. The van der Waals surface area contributed by atoms with E-state index >= 15 is 0 Å². The number of piperidine rings is 1. The van der Waals surface area contributed by atoms with Gasteiger partial charge in [0.15, 0.2) is 0 Å². The number of likely N-dealkylation sites (tertiary alicyclic amines) is 2. The van der Waals surface area contributed by atoms with E-state index in [0.717, 1.165) is 36.9 Å². The summed E-state index contributed by atoms with van der Waals surface area (Å²) in [5.41, 5.74) is 0.461. The Bertz CT molecular complexity index is 925. The number of thiazole rings is 1. The fourth-order valence-electron chi connectivity index (χ4n) is 5.18. The lowest BCUT2D eigenvalue weighted by molar-refractivity contribution is -0.192. The molecule has 2 amide bonds. The standard InChI is InChI=1S/C19H26N4O2S.C2HF3O2/c1-12-20-16(11-26-12)18(25)23-6-4-19(5-7-23)15-10-22(8-13-2-3-13)9-14(15)17(24)21-19;3-2(4,5)1(6)7/h11,13-15H,2-10H2,1H3,(H,21,24);(H,6,7)/t14-,15+;/m1./s1. The zero-order valence-electron chi connectivity index (χ0n) is 18.2. The minimum Gasteiger partial charge on any atom is -0.475 e. The number of aliphatic carboxylic acids is 1. The number of nitrogens with one attached hydrogen (secondary N) is 1. The molecule has 0 bridgehead atoms. The lowest BCUT2D eigenvalue weighted by atomic mass is 9.75. The summed E-state index contributed by atoms with van der Waals surface area (Å²) in [7, 11) is 0. The molecule has 182 valence electrons. The van der Waals surface area contributed by atoms with Crippen molar-refractivity contribution < 1.29 is 32.7 Å². The molecule has 4 aliphatic rings. The molecule has 1 aromatic heterocycles. The van der Waals surface area contributed by atoms with Gasteiger partial charge in [-0.05, 0) is 38.5 Å². The molecule has 4 heterocycles. The number of aromatic nitrogens is 1. The number of hydrogen-bond donors (Lipinski definition) is 2. The minimum absolute atomic E-state index is 0.0341. The molecule has 0 unspecified atom stereocenters. The number of carbonyl (C=O) groups is 3. The number of aryl methyl sites for hydroxylation is 1. The number of carboxylic acid groups (broad SMARTS) is 1. The third kappa shape index (κ3) is 5.16. The smallest absolute Gasteiger partial charge is 0.475 e. The van der Waals surface area contributed by atoms with Crippen LogP contribution in [0.2, 0.25) is 0 Å². The molecule has 33 heavy (non-hydrogen) atoms. The minimum atomic E-state index is -5.08. The number of nitrogens with zero attached hydrogens (tertiary/aromatic N) is 3. The van der Waals surface area contributed by atoms with E-state index in [4.69, 9.17) is 9.90 Å². The number of carbonyl (C=O) groups excluding carboxylic acids is 2. The Labute approximate surface area is 193 Å². The Morgan fingerprint density at radius 2 is 1.91 bits per heavy atom. The Kier molecular flexibility index (Phi) is 6.43. The van der Waals surface area contributed by atoms with E-state index in [1.807, 2.05) is 17.2 Å². The van der Waals surface area contributed by atoms with Gasteiger partial charge in [0.2, 0.25) is 5.91 Å². The number of alkyl halides is 3. The first-order valence-corrected chi connectivity index (χ1v) is 11.9. The quantitative estimate of drug-likeness (QED) is 0.676. The molecule has 5 rings (SSSR count). The highest BCUT2D eigenvalue weighted by Gasteiger charge is 2.57. The largest absolute Gasteiger partial charge is 0.490 e. The second kappa shape index (κ2) is 8.86. The summed E-state index contributed by atoms with van der Waals surface area (Å²) in [6.45, 7) is 6.48. The molecular weight excluding hydrogens is 461 g/mol. The number of amides is 2. The van der Waals surface area contributed by atoms with Crippen LogP contribution >= 0.6 is 11.3 Å². The first-order valence-electron chi connectivity index (χ1n) is 11.0. The van der Waals surface area contributed by atoms with Gasteiger partial charge in [-0.15, -0.1) is 11.3 Å². The van der Waals surface area contributed by atoms with Crippen molar-refractivity contribution >= 4 is 29.1 Å². The maximum Gasteiger partial charge on any atom is 0.490 e. The van der Waals surface area contributed by atoms with Gasteiger partial charge < -0.3 is 20.2 Å². The zero-order valence-corrected chi connectivity index (χ0v) is 19.0. The molecule has 1 spiro atoms. The van der Waals surface area contributed by atoms with Crippen LogP contribution in [-0.4, -0.2) is 82.1 Å². The predicted octanol–water partition coefficient (Wildman–Crippen LogP) is 2.15. The van der Waals surface area contributed by atoms with E-state index in [9.17, 15) is 22.8 Å². The number of hydrogen-bond acceptors (Lipinski definition) is 6. The number of rotatable bonds is 3. The Balaban J connectivity index is 0.000000325. The van der Waals surface area contributed by atoms with Gasteiger partial charge in [0, 0.05) is 49.6 Å². The van der Waals surface area contributed by atoms with E-state index in [1.165, 1.54) is 30.7 Å². The molecule has 1 aliphatic carbocycles. The van der Waals surface area contributed by atoms with Crippen LogP contribution in [0.15, 0.2) is 5.38 Å². The SMILES string of the molecule is Cc1nc(C(=O)N2CCC3(CC2)NC(=O)[C@@H]2CN(CC4CC4)C[C@@H]23)cs1.O=C(O)C(F)(F)F. The van der Waals surface area contributed by atoms with E-state index in [0.29, 0.717) is 24.7 Å². The lowest BCUT2D eigenvalue weighted by Gasteiger charge is -2.42. The molecule has 3 aliphatic heterocycles. The highest BCUT2D eigenvalue weighted by Crippen LogP contribution is 2.45. The van der Waals surface area contributed by atoms with Crippen LogP contribution in [0.5, 0.6) is 0 Å². The van der Waals surface area contributed by atoms with Crippen LogP contribution < -0.4 is 5.32 Å². The third-order valence-corrected chi connectivity index (χ3v) is 7.82. The van der Waals surface area contributed by atoms with Gasteiger partial charge in [0.05, 0.1) is 10.9 Å². The average Bonchev–Trinajstić information content (AvgIpc) is 3.18. The van der Waals surface area contributed by atoms with Gasteiger partial charge in [-0.1, -0.05) is 0 Å². The highest BCUT2D eigenvalue weighted by atomic mass is 32.1. The van der Waals surface area contributed by atoms with Crippen LogP contribution in [-0.2, 0) is 9.59 Å². The van der Waals surface area contributed by atoms with Crippen LogP contribution in [0.1, 0.15) is 41.2 Å². The normalized spacial score (nSPS) is 26.5. The molecule has 0 aromatic carbocycles. The van der Waals surface area contributed by atoms with Crippen molar-refractivity contribution in [3.8, 4) is 0 Å². The number of halogens is 3. The summed E-state index contributed by atoms with van der Waals surface area (Å²) in [5.74, 6) is -1.05. The fourth-order valence-corrected chi connectivity index (χ4v) is 5.77. The van der Waals surface area contributed by atoms with Crippen molar-refractivity contribution in [1.82, 2.24) is 20.1 Å². The van der Waals surface area contributed by atoms with Gasteiger partial charge in [0.25, 0.3) is 5.91 Å². The molecule has 2 atom stereocenters. The predicted molar refractivity (Wildman–Crippen MR) is 113 cm³/mol. The van der Waals surface area contributed by atoms with E-state index in [-0.39, 0.29) is 23.3 Å². The topological polar surface area (TPSA) is 103 Å². The lowest BCUT2D eigenvalue weighted by Crippen LogP contribution is -2.56.